The van der Waals surface area contributed by atoms with Crippen molar-refractivity contribution in [3.8, 4) is 11.5 Å². The maximum absolute atomic E-state index is 11.5. The molecule has 0 bridgehead atoms. The van der Waals surface area contributed by atoms with E-state index in [0.717, 1.165) is 12.1 Å². The molecule has 11 nitrogen and oxygen atoms in total. The summed E-state index contributed by atoms with van der Waals surface area (Å²) in [5.74, 6) is -4.02. The van der Waals surface area contributed by atoms with Crippen LogP contribution < -0.4 is 5.73 Å². The van der Waals surface area contributed by atoms with Crippen LogP contribution in [0.5, 0.6) is 11.5 Å². The molecule has 0 spiro atoms. The summed E-state index contributed by atoms with van der Waals surface area (Å²) in [6.07, 6.45) is -5.70. The molecule has 25 heavy (non-hydrogen) atoms. The first kappa shape index (κ1) is 24.8. The zero-order valence-corrected chi connectivity index (χ0v) is 13.4. The van der Waals surface area contributed by atoms with Gasteiger partial charge >= 0.3 is 11.9 Å². The van der Waals surface area contributed by atoms with Crippen molar-refractivity contribution in [1.29, 1.82) is 0 Å². The van der Waals surface area contributed by atoms with E-state index in [1.165, 1.54) is 6.07 Å². The normalized spacial score (nSPS) is 13.3. The van der Waals surface area contributed by atoms with Crippen molar-refractivity contribution in [1.82, 2.24) is 0 Å². The highest BCUT2D eigenvalue weighted by Crippen LogP contribution is 2.29. The first-order valence-corrected chi connectivity index (χ1v) is 6.81. The largest absolute Gasteiger partial charge is 0.504 e. The van der Waals surface area contributed by atoms with Gasteiger partial charge in [-0.2, -0.15) is 0 Å². The summed E-state index contributed by atoms with van der Waals surface area (Å²) < 4.78 is 4.78. The Labute approximate surface area is 142 Å². The number of esters is 1. The summed E-state index contributed by atoms with van der Waals surface area (Å²) in [4.78, 5) is 22.0. The Morgan fingerprint density at radius 3 is 2.08 bits per heavy atom. The maximum Gasteiger partial charge on any atom is 0.339 e. The van der Waals surface area contributed by atoms with Gasteiger partial charge in [-0.3, -0.25) is 0 Å². The third kappa shape index (κ3) is 7.78. The summed E-state index contributed by atoms with van der Waals surface area (Å²) in [7, 11) is 0. The maximum atomic E-state index is 11.5. The molecule has 1 aromatic rings. The molecule has 0 saturated heterocycles. The first-order valence-electron chi connectivity index (χ1n) is 6.81. The highest BCUT2D eigenvalue weighted by molar-refractivity contribution is 5.84. The van der Waals surface area contributed by atoms with Gasteiger partial charge in [0.2, 0.25) is 0 Å². The fourth-order valence-corrected chi connectivity index (χ4v) is 1.47. The lowest BCUT2D eigenvalue weighted by molar-refractivity contribution is -0.173. The van der Waals surface area contributed by atoms with Gasteiger partial charge in [0, 0.05) is 13.2 Å². The molecule has 11 heteroatoms. The molecular weight excluding hydrogens is 342 g/mol. The Morgan fingerprint density at radius 2 is 1.68 bits per heavy atom. The molecule has 0 radical (unpaired) electrons. The number of aliphatic hydroxyl groups is 3. The number of ether oxygens (including phenoxy) is 1. The molecule has 0 fully saturated rings. The van der Waals surface area contributed by atoms with E-state index in [9.17, 15) is 24.9 Å². The van der Waals surface area contributed by atoms with Crippen LogP contribution in [0, 0.1) is 0 Å². The number of aromatic hydroxyl groups is 2. The Hall–Kier alpha value is -2.44. The first-order chi connectivity index (χ1) is 11.2. The third-order valence-corrected chi connectivity index (χ3v) is 2.64. The number of benzene rings is 1. The number of hydrogen-bond donors (Lipinski definition) is 7. The van der Waals surface area contributed by atoms with Crippen LogP contribution in [-0.2, 0) is 14.3 Å². The van der Waals surface area contributed by atoms with Crippen molar-refractivity contribution < 1.29 is 50.4 Å². The van der Waals surface area contributed by atoms with Crippen molar-refractivity contribution in [3.63, 3.8) is 0 Å². The fourth-order valence-electron chi connectivity index (χ4n) is 1.47. The van der Waals surface area contributed by atoms with Crippen LogP contribution in [0.2, 0.25) is 0 Å². The number of carboxylic acids is 1. The second-order valence-electron chi connectivity index (χ2n) is 4.45. The number of carbonyl (C=O) groups is 2. The third-order valence-electron chi connectivity index (χ3n) is 2.64. The molecule has 1 rings (SSSR count). The second-order valence-corrected chi connectivity index (χ2v) is 4.45. The Kier molecular flexibility index (Phi) is 11.9. The molecule has 3 atom stereocenters. The van der Waals surface area contributed by atoms with Crippen molar-refractivity contribution in [2.45, 2.75) is 25.2 Å². The Bertz CT molecular complexity index is 550. The number of hydrogen-bond acceptors (Lipinski definition) is 9. The van der Waals surface area contributed by atoms with Gasteiger partial charge in [-0.25, -0.2) is 9.59 Å². The van der Waals surface area contributed by atoms with Crippen LogP contribution in [-0.4, -0.2) is 73.4 Å². The van der Waals surface area contributed by atoms with Crippen molar-refractivity contribution in [2.24, 2.45) is 5.73 Å². The SMILES string of the molecule is CCO.NC[C@H](OC(=O)C(O)C(O)C(=O)O)c1ccc(O)c(O)c1.O. The van der Waals surface area contributed by atoms with Crippen LogP contribution in [0.4, 0.5) is 0 Å². The number of nitrogens with two attached hydrogens (primary N) is 1. The van der Waals surface area contributed by atoms with Crippen molar-refractivity contribution >= 4 is 11.9 Å². The number of phenols is 2. The lowest BCUT2D eigenvalue weighted by Crippen LogP contribution is -2.41. The lowest BCUT2D eigenvalue weighted by Gasteiger charge is -2.20. The van der Waals surface area contributed by atoms with Crippen LogP contribution in [0.3, 0.4) is 0 Å². The van der Waals surface area contributed by atoms with Crippen LogP contribution in [0.25, 0.3) is 0 Å². The number of phenolic OH excluding ortho intramolecular Hbond substituents is 2. The quantitative estimate of drug-likeness (QED) is 0.209. The van der Waals surface area contributed by atoms with E-state index in [-0.39, 0.29) is 29.9 Å². The number of carboxylic acid groups (broad SMARTS) is 1. The molecule has 2 unspecified atom stereocenters. The minimum atomic E-state index is -2.33. The Morgan fingerprint density at radius 1 is 1.16 bits per heavy atom. The highest BCUT2D eigenvalue weighted by atomic mass is 16.6. The van der Waals surface area contributed by atoms with E-state index in [2.05, 4.69) is 0 Å². The summed E-state index contributed by atoms with van der Waals surface area (Å²) in [5.41, 5.74) is 5.62. The van der Waals surface area contributed by atoms with Gasteiger partial charge in [0.1, 0.15) is 6.10 Å². The van der Waals surface area contributed by atoms with Gasteiger partial charge in [-0.05, 0) is 24.6 Å². The van der Waals surface area contributed by atoms with E-state index in [1.807, 2.05) is 0 Å². The van der Waals surface area contributed by atoms with Gasteiger partial charge in [0.15, 0.2) is 23.7 Å². The topological polar surface area (TPSA) is 222 Å². The standard InChI is InChI=1S/C12H15NO8.C2H6O.H2O/c13-4-8(5-1-2-6(14)7(15)3-5)21-12(20)10(17)9(16)11(18)19;1-2-3;/h1-3,8-10,14-17H,4,13H2,(H,18,19);3H,2H2,1H3;1H2/t8-,9?,10?;;/m0../s1. The van der Waals surface area contributed by atoms with Crippen LogP contribution >= 0.6 is 0 Å². The van der Waals surface area contributed by atoms with Crippen LogP contribution in [0.15, 0.2) is 18.2 Å². The predicted molar refractivity (Wildman–Crippen MR) is 83.7 cm³/mol. The van der Waals surface area contributed by atoms with E-state index in [0.29, 0.717) is 0 Å². The smallest absolute Gasteiger partial charge is 0.339 e. The van der Waals surface area contributed by atoms with Gasteiger partial charge < -0.3 is 46.6 Å². The predicted octanol–water partition coefficient (Wildman–Crippen LogP) is -2.38. The van der Waals surface area contributed by atoms with Crippen molar-refractivity contribution in [2.75, 3.05) is 13.2 Å². The molecule has 0 heterocycles. The summed E-state index contributed by atoms with van der Waals surface area (Å²) >= 11 is 0. The summed E-state index contributed by atoms with van der Waals surface area (Å²) in [6.45, 7) is 1.70. The lowest BCUT2D eigenvalue weighted by atomic mass is 10.1. The molecule has 0 aromatic heterocycles. The zero-order valence-electron chi connectivity index (χ0n) is 13.4. The molecule has 0 aliphatic carbocycles. The Balaban J connectivity index is 0. The molecule has 0 saturated carbocycles. The molecule has 0 aliphatic heterocycles. The molecular formula is C14H23NO10. The minimum Gasteiger partial charge on any atom is -0.504 e. The molecule has 0 aliphatic rings. The zero-order chi connectivity index (χ0) is 18.9. The fraction of sp³-hybridized carbons (Fsp3) is 0.429. The highest BCUT2D eigenvalue weighted by Gasteiger charge is 2.33. The average molecular weight is 365 g/mol. The number of carbonyl (C=O) groups excluding carboxylic acids is 1. The van der Waals surface area contributed by atoms with Gasteiger partial charge in [-0.1, -0.05) is 6.07 Å². The van der Waals surface area contributed by atoms with Crippen LogP contribution in [0.1, 0.15) is 18.6 Å². The molecule has 144 valence electrons. The van der Waals surface area contributed by atoms with Crippen molar-refractivity contribution in [3.05, 3.63) is 23.8 Å². The molecule has 0 amide bonds. The molecule has 10 N–H and O–H groups in total. The number of rotatable bonds is 6. The molecule has 1 aromatic carbocycles. The van der Waals surface area contributed by atoms with E-state index >= 15 is 0 Å². The second kappa shape index (κ2) is 12.0. The van der Waals surface area contributed by atoms with Gasteiger partial charge in [0.05, 0.1) is 0 Å². The number of aliphatic carboxylic acids is 1. The van der Waals surface area contributed by atoms with Gasteiger partial charge in [0.25, 0.3) is 0 Å². The average Bonchev–Trinajstić information content (AvgIpc) is 2.54. The van der Waals surface area contributed by atoms with E-state index in [1.54, 1.807) is 6.92 Å². The van der Waals surface area contributed by atoms with E-state index in [4.69, 9.17) is 25.8 Å². The number of aliphatic hydroxyl groups excluding tert-OH is 3. The summed E-state index contributed by atoms with van der Waals surface area (Å²) in [5, 5.41) is 52.9. The monoisotopic (exact) mass is 365 g/mol. The minimum absolute atomic E-state index is 0. The summed E-state index contributed by atoms with van der Waals surface area (Å²) in [6, 6.07) is 3.56. The van der Waals surface area contributed by atoms with E-state index < -0.39 is 36.0 Å². The van der Waals surface area contributed by atoms with Gasteiger partial charge in [-0.15, -0.1) is 0 Å².